The highest BCUT2D eigenvalue weighted by Crippen LogP contribution is 2.17. The van der Waals surface area contributed by atoms with Crippen molar-refractivity contribution in [3.63, 3.8) is 0 Å². The largest absolute Gasteiger partial charge is 0.345 e. The fourth-order valence-corrected chi connectivity index (χ4v) is 1.87. The van der Waals surface area contributed by atoms with Gasteiger partial charge in [0.25, 0.3) is 5.91 Å². The Balaban J connectivity index is 2.16. The third-order valence-electron chi connectivity index (χ3n) is 2.99. The molecule has 20 heavy (non-hydrogen) atoms. The first-order valence-corrected chi connectivity index (χ1v) is 6.26. The maximum absolute atomic E-state index is 12.3. The molecular weight excluding hydrogens is 254 g/mol. The molecule has 0 saturated heterocycles. The Bertz CT molecular complexity index is 600. The van der Waals surface area contributed by atoms with Crippen LogP contribution in [-0.2, 0) is 0 Å². The van der Waals surface area contributed by atoms with E-state index in [-0.39, 0.29) is 11.9 Å². The highest BCUT2D eigenvalue weighted by atomic mass is 16.1. The zero-order valence-corrected chi connectivity index (χ0v) is 11.4. The third-order valence-corrected chi connectivity index (χ3v) is 2.99. The average molecular weight is 271 g/mol. The summed E-state index contributed by atoms with van der Waals surface area (Å²) in [5.41, 5.74) is 5.26. The Morgan fingerprint density at radius 3 is 2.70 bits per heavy atom. The zero-order chi connectivity index (χ0) is 14.5. The predicted octanol–water partition coefficient (Wildman–Crippen LogP) is 1.56. The SMILES string of the molecule is Cc1cc(NN)c(C(=O)NC(C)c2ccncc2)cn1. The van der Waals surface area contributed by atoms with E-state index in [2.05, 4.69) is 20.7 Å². The summed E-state index contributed by atoms with van der Waals surface area (Å²) in [5.74, 6) is 5.21. The van der Waals surface area contributed by atoms with E-state index in [1.54, 1.807) is 18.5 Å². The van der Waals surface area contributed by atoms with Crippen molar-refractivity contribution in [2.24, 2.45) is 5.84 Å². The Kier molecular flexibility index (Phi) is 4.27. The van der Waals surface area contributed by atoms with Gasteiger partial charge in [0.2, 0.25) is 0 Å². The molecule has 6 nitrogen and oxygen atoms in total. The molecule has 0 aromatic carbocycles. The molecule has 1 unspecified atom stereocenters. The van der Waals surface area contributed by atoms with Crippen LogP contribution < -0.4 is 16.6 Å². The monoisotopic (exact) mass is 271 g/mol. The van der Waals surface area contributed by atoms with Gasteiger partial charge in [0.15, 0.2) is 0 Å². The molecule has 0 radical (unpaired) electrons. The summed E-state index contributed by atoms with van der Waals surface area (Å²) in [6, 6.07) is 5.32. The molecule has 0 aliphatic rings. The minimum absolute atomic E-state index is 0.127. The van der Waals surface area contributed by atoms with E-state index in [1.165, 1.54) is 6.20 Å². The number of nitrogens with one attached hydrogen (secondary N) is 2. The lowest BCUT2D eigenvalue weighted by molar-refractivity contribution is 0.0940. The number of nitrogens with two attached hydrogens (primary N) is 1. The number of nitrogens with zero attached hydrogens (tertiary/aromatic N) is 2. The molecule has 4 N–H and O–H groups in total. The van der Waals surface area contributed by atoms with Crippen molar-refractivity contribution in [2.45, 2.75) is 19.9 Å². The molecule has 0 aliphatic carbocycles. The number of carbonyl (C=O) groups is 1. The summed E-state index contributed by atoms with van der Waals surface area (Å²) in [7, 11) is 0. The van der Waals surface area contributed by atoms with Crippen LogP contribution in [0.15, 0.2) is 36.8 Å². The molecule has 104 valence electrons. The molecule has 0 saturated carbocycles. The minimum atomic E-state index is -0.227. The van der Waals surface area contributed by atoms with Gasteiger partial charge in [-0.15, -0.1) is 0 Å². The van der Waals surface area contributed by atoms with Gasteiger partial charge < -0.3 is 10.7 Å². The number of carbonyl (C=O) groups excluding carboxylic acids is 1. The average Bonchev–Trinajstić information content (AvgIpc) is 2.47. The van der Waals surface area contributed by atoms with E-state index in [0.29, 0.717) is 11.3 Å². The second kappa shape index (κ2) is 6.12. The molecule has 0 aliphatic heterocycles. The summed E-state index contributed by atoms with van der Waals surface area (Å²) in [6.45, 7) is 3.74. The lowest BCUT2D eigenvalue weighted by atomic mass is 10.1. The van der Waals surface area contributed by atoms with E-state index in [9.17, 15) is 4.79 Å². The second-order valence-electron chi connectivity index (χ2n) is 4.49. The maximum atomic E-state index is 12.3. The number of aromatic nitrogens is 2. The highest BCUT2D eigenvalue weighted by Gasteiger charge is 2.15. The summed E-state index contributed by atoms with van der Waals surface area (Å²) in [5, 5.41) is 2.90. The van der Waals surface area contributed by atoms with E-state index in [1.807, 2.05) is 26.0 Å². The van der Waals surface area contributed by atoms with Gasteiger partial charge in [0.05, 0.1) is 17.3 Å². The maximum Gasteiger partial charge on any atom is 0.255 e. The van der Waals surface area contributed by atoms with Crippen molar-refractivity contribution in [1.82, 2.24) is 15.3 Å². The van der Waals surface area contributed by atoms with Gasteiger partial charge in [-0.05, 0) is 37.6 Å². The minimum Gasteiger partial charge on any atom is -0.345 e. The molecule has 0 spiro atoms. The molecule has 1 amide bonds. The molecule has 6 heteroatoms. The van der Waals surface area contributed by atoms with Crippen LogP contribution in [0.1, 0.15) is 34.6 Å². The van der Waals surface area contributed by atoms with Gasteiger partial charge >= 0.3 is 0 Å². The van der Waals surface area contributed by atoms with Crippen molar-refractivity contribution in [1.29, 1.82) is 0 Å². The van der Waals surface area contributed by atoms with Crippen LogP contribution >= 0.6 is 0 Å². The van der Waals surface area contributed by atoms with Gasteiger partial charge in [-0.3, -0.25) is 20.6 Å². The molecule has 0 fully saturated rings. The van der Waals surface area contributed by atoms with Crippen molar-refractivity contribution >= 4 is 11.6 Å². The topological polar surface area (TPSA) is 92.9 Å². The molecule has 2 rings (SSSR count). The van der Waals surface area contributed by atoms with Crippen molar-refractivity contribution in [2.75, 3.05) is 5.43 Å². The number of anilines is 1. The Morgan fingerprint density at radius 2 is 2.05 bits per heavy atom. The lowest BCUT2D eigenvalue weighted by Crippen LogP contribution is -2.28. The van der Waals surface area contributed by atoms with Crippen molar-refractivity contribution in [3.05, 3.63) is 53.6 Å². The van der Waals surface area contributed by atoms with Crippen LogP contribution in [0.5, 0.6) is 0 Å². The first kappa shape index (κ1) is 14.0. The fraction of sp³-hybridized carbons (Fsp3) is 0.214. The van der Waals surface area contributed by atoms with Crippen LogP contribution in [0.25, 0.3) is 0 Å². The van der Waals surface area contributed by atoms with Crippen LogP contribution in [0.2, 0.25) is 0 Å². The molecule has 0 bridgehead atoms. The smallest absolute Gasteiger partial charge is 0.255 e. The highest BCUT2D eigenvalue weighted by molar-refractivity contribution is 5.99. The molecule has 2 heterocycles. The summed E-state index contributed by atoms with van der Waals surface area (Å²) in [6.07, 6.45) is 4.90. The number of hydrogen-bond acceptors (Lipinski definition) is 5. The number of rotatable bonds is 4. The van der Waals surface area contributed by atoms with Crippen LogP contribution in [0, 0.1) is 6.92 Å². The van der Waals surface area contributed by atoms with E-state index >= 15 is 0 Å². The zero-order valence-electron chi connectivity index (χ0n) is 11.4. The summed E-state index contributed by atoms with van der Waals surface area (Å²) >= 11 is 0. The number of hydrogen-bond donors (Lipinski definition) is 3. The molecule has 2 aromatic rings. The van der Waals surface area contributed by atoms with Crippen LogP contribution in [0.4, 0.5) is 5.69 Å². The number of nitrogen functional groups attached to an aromatic ring is 1. The quantitative estimate of drug-likeness (QED) is 0.579. The lowest BCUT2D eigenvalue weighted by Gasteiger charge is -2.15. The Morgan fingerprint density at radius 1 is 1.35 bits per heavy atom. The Labute approximate surface area is 117 Å². The van der Waals surface area contributed by atoms with Gasteiger partial charge in [-0.25, -0.2) is 0 Å². The third kappa shape index (κ3) is 3.10. The van der Waals surface area contributed by atoms with E-state index in [4.69, 9.17) is 5.84 Å². The molecule has 2 aromatic heterocycles. The second-order valence-corrected chi connectivity index (χ2v) is 4.49. The molecule has 1 atom stereocenters. The number of hydrazine groups is 1. The molecular formula is C14H17N5O. The van der Waals surface area contributed by atoms with Crippen LogP contribution in [0.3, 0.4) is 0 Å². The first-order valence-electron chi connectivity index (χ1n) is 6.26. The van der Waals surface area contributed by atoms with Gasteiger partial charge in [-0.1, -0.05) is 0 Å². The number of amides is 1. The van der Waals surface area contributed by atoms with Crippen molar-refractivity contribution < 1.29 is 4.79 Å². The Hall–Kier alpha value is -2.47. The van der Waals surface area contributed by atoms with Gasteiger partial charge in [0, 0.05) is 24.3 Å². The van der Waals surface area contributed by atoms with Gasteiger partial charge in [0.1, 0.15) is 0 Å². The van der Waals surface area contributed by atoms with Crippen LogP contribution in [-0.4, -0.2) is 15.9 Å². The first-order chi connectivity index (χ1) is 9.61. The predicted molar refractivity (Wildman–Crippen MR) is 76.9 cm³/mol. The van der Waals surface area contributed by atoms with Gasteiger partial charge in [-0.2, -0.15) is 0 Å². The summed E-state index contributed by atoms with van der Waals surface area (Å²) in [4.78, 5) is 20.3. The van der Waals surface area contributed by atoms with Crippen molar-refractivity contribution in [3.8, 4) is 0 Å². The normalized spacial score (nSPS) is 11.8. The van der Waals surface area contributed by atoms with E-state index in [0.717, 1.165) is 11.3 Å². The van der Waals surface area contributed by atoms with E-state index < -0.39 is 0 Å². The number of aryl methyl sites for hydroxylation is 1. The number of pyridine rings is 2. The fourth-order valence-electron chi connectivity index (χ4n) is 1.87. The summed E-state index contributed by atoms with van der Waals surface area (Å²) < 4.78 is 0. The standard InChI is InChI=1S/C14H17N5O/c1-9-7-13(19-15)12(8-17-9)14(20)18-10(2)11-3-5-16-6-4-11/h3-8,10H,15H2,1-2H3,(H,17,19)(H,18,20).